The number of likely N-dealkylation sites (tertiary alicyclic amines) is 1. The highest BCUT2D eigenvalue weighted by atomic mass is 16.5. The summed E-state index contributed by atoms with van der Waals surface area (Å²) >= 11 is 0. The molecule has 0 aromatic carbocycles. The molecule has 1 fully saturated rings. The Bertz CT molecular complexity index is 397. The van der Waals surface area contributed by atoms with E-state index < -0.39 is 0 Å². The van der Waals surface area contributed by atoms with Crippen LogP contribution in [0.2, 0.25) is 0 Å². The lowest BCUT2D eigenvalue weighted by Crippen LogP contribution is -2.48. The number of hydrogen-bond donors (Lipinski definition) is 1. The van der Waals surface area contributed by atoms with Crippen LogP contribution < -0.4 is 5.32 Å². The van der Waals surface area contributed by atoms with Crippen LogP contribution in [-0.4, -0.2) is 74.1 Å². The van der Waals surface area contributed by atoms with Crippen LogP contribution >= 0.6 is 0 Å². The van der Waals surface area contributed by atoms with E-state index in [0.29, 0.717) is 13.2 Å². The van der Waals surface area contributed by atoms with Crippen molar-refractivity contribution in [2.24, 2.45) is 10.9 Å². The van der Waals surface area contributed by atoms with Gasteiger partial charge in [0.1, 0.15) is 0 Å². The highest BCUT2D eigenvalue weighted by Gasteiger charge is 2.28. The largest absolute Gasteiger partial charge is 0.466 e. The van der Waals surface area contributed by atoms with Crippen molar-refractivity contribution in [1.29, 1.82) is 0 Å². The third-order valence-corrected chi connectivity index (χ3v) is 4.71. The minimum Gasteiger partial charge on any atom is -0.466 e. The average molecular weight is 355 g/mol. The van der Waals surface area contributed by atoms with Crippen molar-refractivity contribution in [2.45, 2.75) is 53.4 Å². The lowest BCUT2D eigenvalue weighted by Gasteiger charge is -2.34. The number of esters is 1. The SMILES string of the molecule is CCNC(=NCCCCN(CC)CC)N1CCCC(C(=O)OCC)C1. The molecule has 1 aliphatic rings. The number of nitrogens with zero attached hydrogens (tertiary/aromatic N) is 3. The quantitative estimate of drug-likeness (QED) is 0.282. The molecule has 0 aromatic heterocycles. The van der Waals surface area contributed by atoms with E-state index in [-0.39, 0.29) is 11.9 Å². The number of piperidine rings is 1. The lowest BCUT2D eigenvalue weighted by atomic mass is 9.98. The number of hydrogen-bond acceptors (Lipinski definition) is 4. The van der Waals surface area contributed by atoms with Gasteiger partial charge in [-0.25, -0.2) is 0 Å². The Morgan fingerprint density at radius 2 is 2.00 bits per heavy atom. The van der Waals surface area contributed by atoms with Gasteiger partial charge in [-0.05, 0) is 59.2 Å². The van der Waals surface area contributed by atoms with Crippen LogP contribution in [0.4, 0.5) is 0 Å². The fraction of sp³-hybridized carbons (Fsp3) is 0.895. The van der Waals surface area contributed by atoms with Gasteiger partial charge in [0.05, 0.1) is 12.5 Å². The van der Waals surface area contributed by atoms with Gasteiger partial charge in [0.2, 0.25) is 0 Å². The maximum Gasteiger partial charge on any atom is 0.310 e. The van der Waals surface area contributed by atoms with Gasteiger partial charge in [0.25, 0.3) is 0 Å². The van der Waals surface area contributed by atoms with Gasteiger partial charge in [-0.3, -0.25) is 9.79 Å². The van der Waals surface area contributed by atoms with E-state index in [0.717, 1.165) is 64.5 Å². The molecule has 25 heavy (non-hydrogen) atoms. The molecule has 0 radical (unpaired) electrons. The minimum absolute atomic E-state index is 0.0276. The lowest BCUT2D eigenvalue weighted by molar-refractivity contribution is -0.149. The molecule has 146 valence electrons. The Balaban J connectivity index is 2.49. The second-order valence-electron chi connectivity index (χ2n) is 6.51. The van der Waals surface area contributed by atoms with Crippen molar-refractivity contribution in [1.82, 2.24) is 15.1 Å². The third kappa shape index (κ3) is 8.08. The third-order valence-electron chi connectivity index (χ3n) is 4.71. The summed E-state index contributed by atoms with van der Waals surface area (Å²) in [5, 5.41) is 3.38. The molecule has 0 saturated carbocycles. The zero-order chi connectivity index (χ0) is 18.5. The van der Waals surface area contributed by atoms with Crippen LogP contribution in [0.5, 0.6) is 0 Å². The number of aliphatic imine (C=N–C) groups is 1. The van der Waals surface area contributed by atoms with Gasteiger partial charge in [-0.15, -0.1) is 0 Å². The Labute approximate surface area is 154 Å². The van der Waals surface area contributed by atoms with E-state index in [9.17, 15) is 4.79 Å². The van der Waals surface area contributed by atoms with Gasteiger partial charge >= 0.3 is 5.97 Å². The number of carbonyl (C=O) groups excluding carboxylic acids is 1. The summed E-state index contributed by atoms with van der Waals surface area (Å²) in [5.41, 5.74) is 0. The fourth-order valence-corrected chi connectivity index (χ4v) is 3.22. The van der Waals surface area contributed by atoms with Crippen LogP contribution in [0.15, 0.2) is 4.99 Å². The molecule has 0 aromatic rings. The molecule has 1 saturated heterocycles. The first-order valence-electron chi connectivity index (χ1n) is 10.1. The number of nitrogens with one attached hydrogen (secondary N) is 1. The van der Waals surface area contributed by atoms with Crippen molar-refractivity contribution in [3.05, 3.63) is 0 Å². The normalized spacial score (nSPS) is 18.5. The minimum atomic E-state index is -0.0673. The van der Waals surface area contributed by atoms with Crippen molar-refractivity contribution < 1.29 is 9.53 Å². The number of unbranched alkanes of at least 4 members (excludes halogenated alkanes) is 1. The highest BCUT2D eigenvalue weighted by Crippen LogP contribution is 2.18. The molecule has 1 atom stereocenters. The van der Waals surface area contributed by atoms with E-state index in [4.69, 9.17) is 9.73 Å². The summed E-state index contributed by atoms with van der Waals surface area (Å²) in [6.45, 7) is 15.6. The number of ether oxygens (including phenoxy) is 1. The maximum atomic E-state index is 12.0. The first-order valence-corrected chi connectivity index (χ1v) is 10.1. The zero-order valence-electron chi connectivity index (χ0n) is 16.7. The van der Waals surface area contributed by atoms with Crippen LogP contribution in [-0.2, 0) is 9.53 Å². The molecule has 6 heteroatoms. The molecule has 1 rings (SSSR count). The Kier molecular flexibility index (Phi) is 11.3. The van der Waals surface area contributed by atoms with Gasteiger partial charge in [-0.2, -0.15) is 0 Å². The molecule has 0 aliphatic carbocycles. The summed E-state index contributed by atoms with van der Waals surface area (Å²) in [6, 6.07) is 0. The first kappa shape index (κ1) is 21.7. The second-order valence-corrected chi connectivity index (χ2v) is 6.51. The van der Waals surface area contributed by atoms with E-state index in [1.807, 2.05) is 6.92 Å². The molecule has 1 heterocycles. The zero-order valence-corrected chi connectivity index (χ0v) is 16.7. The predicted molar refractivity (Wildman–Crippen MR) is 104 cm³/mol. The summed E-state index contributed by atoms with van der Waals surface area (Å²) in [4.78, 5) is 21.5. The topological polar surface area (TPSA) is 57.2 Å². The summed E-state index contributed by atoms with van der Waals surface area (Å²) in [5.74, 6) is 0.849. The molecule has 0 spiro atoms. The van der Waals surface area contributed by atoms with E-state index in [2.05, 4.69) is 35.9 Å². The van der Waals surface area contributed by atoms with Crippen molar-refractivity contribution in [3.8, 4) is 0 Å². The average Bonchev–Trinajstić information content (AvgIpc) is 2.64. The molecule has 0 bridgehead atoms. The molecular formula is C19H38N4O2. The smallest absolute Gasteiger partial charge is 0.310 e. The van der Waals surface area contributed by atoms with Crippen LogP contribution in [0.3, 0.4) is 0 Å². The van der Waals surface area contributed by atoms with Crippen molar-refractivity contribution >= 4 is 11.9 Å². The first-order chi connectivity index (χ1) is 12.2. The van der Waals surface area contributed by atoms with Crippen molar-refractivity contribution in [3.63, 3.8) is 0 Å². The Hall–Kier alpha value is -1.30. The van der Waals surface area contributed by atoms with Gasteiger partial charge in [0, 0.05) is 26.2 Å². The van der Waals surface area contributed by atoms with E-state index >= 15 is 0 Å². The van der Waals surface area contributed by atoms with Gasteiger partial charge in [-0.1, -0.05) is 13.8 Å². The van der Waals surface area contributed by atoms with Gasteiger partial charge < -0.3 is 19.9 Å². The van der Waals surface area contributed by atoms with Crippen LogP contribution in [0.25, 0.3) is 0 Å². The van der Waals surface area contributed by atoms with Gasteiger partial charge in [0.15, 0.2) is 5.96 Å². The Morgan fingerprint density at radius 1 is 1.24 bits per heavy atom. The molecule has 0 amide bonds. The number of guanidine groups is 1. The molecule has 1 aliphatic heterocycles. The van der Waals surface area contributed by atoms with E-state index in [1.54, 1.807) is 0 Å². The standard InChI is InChI=1S/C19H38N4O2/c1-5-20-19(21-13-9-10-14-22(6-2)7-3)23-15-11-12-17(16-23)18(24)25-8-4/h17H,5-16H2,1-4H3,(H,20,21). The summed E-state index contributed by atoms with van der Waals surface area (Å²) in [7, 11) is 0. The molecule has 1 unspecified atom stereocenters. The summed E-state index contributed by atoms with van der Waals surface area (Å²) < 4.78 is 5.20. The van der Waals surface area contributed by atoms with Crippen molar-refractivity contribution in [2.75, 3.05) is 52.4 Å². The second kappa shape index (κ2) is 13.0. The fourth-order valence-electron chi connectivity index (χ4n) is 3.22. The van der Waals surface area contributed by atoms with E-state index in [1.165, 1.54) is 6.42 Å². The molecular weight excluding hydrogens is 316 g/mol. The monoisotopic (exact) mass is 354 g/mol. The predicted octanol–water partition coefficient (Wildman–Crippen LogP) is 2.35. The number of rotatable bonds is 10. The summed E-state index contributed by atoms with van der Waals surface area (Å²) in [6.07, 6.45) is 4.20. The maximum absolute atomic E-state index is 12.0. The van der Waals surface area contributed by atoms with Crippen LogP contribution in [0, 0.1) is 5.92 Å². The highest BCUT2D eigenvalue weighted by molar-refractivity contribution is 5.81. The number of carbonyl (C=O) groups is 1. The van der Waals surface area contributed by atoms with Crippen LogP contribution in [0.1, 0.15) is 53.4 Å². The molecule has 6 nitrogen and oxygen atoms in total. The molecule has 1 N–H and O–H groups in total. The Morgan fingerprint density at radius 3 is 2.64 bits per heavy atom.